The zero-order chi connectivity index (χ0) is 16.0. The summed E-state index contributed by atoms with van der Waals surface area (Å²) >= 11 is 0. The lowest BCUT2D eigenvalue weighted by Gasteiger charge is -2.11. The second kappa shape index (κ2) is 5.08. The third-order valence-corrected chi connectivity index (χ3v) is 4.30. The Hall–Kier alpha value is -2.89. The molecule has 1 amide bonds. The van der Waals surface area contributed by atoms with E-state index in [-0.39, 0.29) is 23.2 Å². The van der Waals surface area contributed by atoms with Crippen LogP contribution in [-0.4, -0.2) is 27.1 Å². The van der Waals surface area contributed by atoms with Crippen molar-refractivity contribution in [3.63, 3.8) is 0 Å². The van der Waals surface area contributed by atoms with Gasteiger partial charge in [0.25, 0.3) is 11.5 Å². The van der Waals surface area contributed by atoms with Gasteiger partial charge in [0.2, 0.25) is 0 Å². The molecule has 0 bridgehead atoms. The number of hydrogen-bond acceptors (Lipinski definition) is 3. The number of aryl methyl sites for hydroxylation is 1. The van der Waals surface area contributed by atoms with Gasteiger partial charge in [-0.05, 0) is 37.1 Å². The van der Waals surface area contributed by atoms with Crippen LogP contribution < -0.4 is 10.9 Å². The van der Waals surface area contributed by atoms with Crippen LogP contribution in [0.2, 0.25) is 0 Å². The number of benzene rings is 1. The molecule has 0 aliphatic heterocycles. The quantitative estimate of drug-likeness (QED) is 0.669. The van der Waals surface area contributed by atoms with Gasteiger partial charge in [0, 0.05) is 35.1 Å². The number of H-pyrrole nitrogens is 2. The lowest BCUT2D eigenvalue weighted by atomic mass is 10.1. The molecule has 116 valence electrons. The first kappa shape index (κ1) is 13.8. The summed E-state index contributed by atoms with van der Waals surface area (Å²) in [5, 5.41) is 10.3. The minimum absolute atomic E-state index is 0.0439. The van der Waals surface area contributed by atoms with Gasteiger partial charge in [0.1, 0.15) is 5.69 Å². The summed E-state index contributed by atoms with van der Waals surface area (Å²) in [4.78, 5) is 26.6. The van der Waals surface area contributed by atoms with Gasteiger partial charge in [-0.15, -0.1) is 0 Å². The van der Waals surface area contributed by atoms with E-state index >= 15 is 0 Å². The van der Waals surface area contributed by atoms with Crippen LogP contribution in [-0.2, 0) is 12.8 Å². The molecule has 1 aromatic carbocycles. The smallest absolute Gasteiger partial charge is 0.271 e. The Balaban J connectivity index is 1.54. The van der Waals surface area contributed by atoms with Crippen LogP contribution in [0.3, 0.4) is 0 Å². The number of nitrogens with zero attached hydrogens (tertiary/aromatic N) is 1. The van der Waals surface area contributed by atoms with E-state index in [9.17, 15) is 9.59 Å². The average molecular weight is 308 g/mol. The van der Waals surface area contributed by atoms with Gasteiger partial charge in [-0.1, -0.05) is 11.6 Å². The first-order chi connectivity index (χ1) is 11.1. The molecule has 1 aliphatic rings. The molecule has 3 N–H and O–H groups in total. The molecule has 0 saturated carbocycles. The molecule has 3 aromatic rings. The van der Waals surface area contributed by atoms with Crippen molar-refractivity contribution in [2.45, 2.75) is 25.8 Å². The van der Waals surface area contributed by atoms with E-state index in [1.54, 1.807) is 0 Å². The fourth-order valence-corrected chi connectivity index (χ4v) is 3.22. The Kier molecular flexibility index (Phi) is 3.04. The van der Waals surface area contributed by atoms with Crippen LogP contribution >= 0.6 is 0 Å². The minimum Gasteiger partial charge on any atom is -0.358 e. The molecular formula is C17H16N4O2. The lowest BCUT2D eigenvalue weighted by Crippen LogP contribution is -2.36. The van der Waals surface area contributed by atoms with Crippen LogP contribution in [0, 0.1) is 6.92 Å². The Morgan fingerprint density at radius 3 is 2.91 bits per heavy atom. The summed E-state index contributed by atoms with van der Waals surface area (Å²) < 4.78 is 0. The van der Waals surface area contributed by atoms with Crippen molar-refractivity contribution < 1.29 is 4.79 Å². The van der Waals surface area contributed by atoms with Crippen LogP contribution in [0.1, 0.15) is 27.3 Å². The van der Waals surface area contributed by atoms with E-state index in [0.717, 1.165) is 18.4 Å². The molecule has 4 rings (SSSR count). The van der Waals surface area contributed by atoms with Crippen molar-refractivity contribution >= 4 is 16.8 Å². The van der Waals surface area contributed by atoms with Crippen molar-refractivity contribution in [1.82, 2.24) is 20.5 Å². The number of nitrogens with one attached hydrogen (secondary N) is 3. The van der Waals surface area contributed by atoms with Crippen LogP contribution in [0.5, 0.6) is 0 Å². The fourth-order valence-electron chi connectivity index (χ4n) is 3.22. The summed E-state index contributed by atoms with van der Waals surface area (Å²) in [5.74, 6) is -0.267. The second-order valence-electron chi connectivity index (χ2n) is 6.02. The molecule has 0 spiro atoms. The second-order valence-corrected chi connectivity index (χ2v) is 6.02. The minimum atomic E-state index is -0.320. The first-order valence-corrected chi connectivity index (χ1v) is 7.57. The predicted octanol–water partition coefficient (Wildman–Crippen LogP) is 1.46. The van der Waals surface area contributed by atoms with Crippen molar-refractivity contribution in [3.05, 3.63) is 63.2 Å². The third kappa shape index (κ3) is 2.42. The molecule has 1 atom stereocenters. The maximum absolute atomic E-state index is 12.2. The molecule has 6 heteroatoms. The van der Waals surface area contributed by atoms with Crippen molar-refractivity contribution in [2.24, 2.45) is 0 Å². The number of carbonyl (C=O) groups excluding carboxylic acids is 1. The van der Waals surface area contributed by atoms with Gasteiger partial charge in [0.15, 0.2) is 0 Å². The summed E-state index contributed by atoms with van der Waals surface area (Å²) in [6, 6.07) is 9.15. The predicted molar refractivity (Wildman–Crippen MR) is 86.6 cm³/mol. The van der Waals surface area contributed by atoms with Crippen molar-refractivity contribution in [2.75, 3.05) is 0 Å². The number of aromatic amines is 2. The maximum Gasteiger partial charge on any atom is 0.271 e. The topological polar surface area (TPSA) is 90.6 Å². The van der Waals surface area contributed by atoms with E-state index in [0.29, 0.717) is 0 Å². The molecule has 1 aliphatic carbocycles. The average Bonchev–Trinajstić information content (AvgIpc) is 3.05. The van der Waals surface area contributed by atoms with Gasteiger partial charge in [-0.3, -0.25) is 9.59 Å². The summed E-state index contributed by atoms with van der Waals surface area (Å²) in [7, 11) is 0. The largest absolute Gasteiger partial charge is 0.358 e. The number of amides is 1. The fraction of sp³-hybridized carbons (Fsp3) is 0.235. The van der Waals surface area contributed by atoms with Gasteiger partial charge >= 0.3 is 0 Å². The van der Waals surface area contributed by atoms with Crippen LogP contribution in [0.4, 0.5) is 0 Å². The van der Waals surface area contributed by atoms with E-state index in [1.165, 1.54) is 34.3 Å². The third-order valence-electron chi connectivity index (χ3n) is 4.30. The Bertz CT molecular complexity index is 950. The van der Waals surface area contributed by atoms with Crippen LogP contribution in [0.15, 0.2) is 35.1 Å². The zero-order valence-corrected chi connectivity index (χ0v) is 12.6. The molecular weight excluding hydrogens is 292 g/mol. The number of fused-ring (bicyclic) bond motifs is 3. The summed E-state index contributed by atoms with van der Waals surface area (Å²) in [6.45, 7) is 2.08. The maximum atomic E-state index is 12.2. The molecule has 2 heterocycles. The Labute approximate surface area is 131 Å². The molecule has 23 heavy (non-hydrogen) atoms. The monoisotopic (exact) mass is 308 g/mol. The highest BCUT2D eigenvalue weighted by Gasteiger charge is 2.27. The van der Waals surface area contributed by atoms with Gasteiger partial charge in [-0.25, -0.2) is 5.10 Å². The van der Waals surface area contributed by atoms with Crippen LogP contribution in [0.25, 0.3) is 10.9 Å². The molecule has 6 nitrogen and oxygen atoms in total. The molecule has 0 fully saturated rings. The molecule has 0 radical (unpaired) electrons. The molecule has 2 aromatic heterocycles. The van der Waals surface area contributed by atoms with Crippen molar-refractivity contribution in [3.8, 4) is 0 Å². The number of aromatic nitrogens is 3. The highest BCUT2D eigenvalue weighted by molar-refractivity contribution is 5.92. The summed E-state index contributed by atoms with van der Waals surface area (Å²) in [5.41, 5.74) is 4.74. The highest BCUT2D eigenvalue weighted by atomic mass is 16.2. The van der Waals surface area contributed by atoms with Gasteiger partial charge in [0.05, 0.1) is 0 Å². The highest BCUT2D eigenvalue weighted by Crippen LogP contribution is 2.30. The number of carbonyl (C=O) groups is 1. The molecule has 0 saturated heterocycles. The van der Waals surface area contributed by atoms with Crippen molar-refractivity contribution in [1.29, 1.82) is 0 Å². The normalized spacial score (nSPS) is 16.5. The van der Waals surface area contributed by atoms with Gasteiger partial charge in [-0.2, -0.15) is 5.10 Å². The zero-order valence-electron chi connectivity index (χ0n) is 12.6. The molecule has 1 unspecified atom stereocenters. The van der Waals surface area contributed by atoms with E-state index in [4.69, 9.17) is 0 Å². The van der Waals surface area contributed by atoms with E-state index in [1.807, 2.05) is 0 Å². The lowest BCUT2D eigenvalue weighted by molar-refractivity contribution is 0.0932. The van der Waals surface area contributed by atoms with Gasteiger partial charge < -0.3 is 10.3 Å². The number of hydrogen-bond donors (Lipinski definition) is 3. The van der Waals surface area contributed by atoms with E-state index < -0.39 is 0 Å². The Morgan fingerprint density at radius 1 is 1.26 bits per heavy atom. The SMILES string of the molecule is Cc1ccc2[nH]c3c(c2c1)CC(NC(=O)c1ccc(=O)[nH]n1)C3. The van der Waals surface area contributed by atoms with E-state index in [2.05, 4.69) is 45.6 Å². The Morgan fingerprint density at radius 2 is 2.13 bits per heavy atom. The number of rotatable bonds is 2. The summed E-state index contributed by atoms with van der Waals surface area (Å²) in [6.07, 6.45) is 1.58. The standard InChI is InChI=1S/C17H16N4O2/c1-9-2-3-13-11(6-9)12-7-10(8-15(12)19-13)18-17(23)14-4-5-16(22)21-20-14/h2-6,10,19H,7-8H2,1H3,(H,18,23)(H,21,22). The first-order valence-electron chi connectivity index (χ1n) is 7.57.